The van der Waals surface area contributed by atoms with Crippen LogP contribution in [0, 0.1) is 11.7 Å². The minimum absolute atomic E-state index is 0.288. The number of amides is 1. The van der Waals surface area contributed by atoms with Crippen LogP contribution in [0.2, 0.25) is 0 Å². The summed E-state index contributed by atoms with van der Waals surface area (Å²) in [4.78, 5) is 14.5. The van der Waals surface area contributed by atoms with Crippen LogP contribution in [-0.2, 0) is 6.54 Å². The highest BCUT2D eigenvalue weighted by Crippen LogP contribution is 2.29. The molecule has 0 unspecified atom stereocenters. The lowest BCUT2D eigenvalue weighted by molar-refractivity contribution is 0.0951. The molecule has 2 aromatic rings. The van der Waals surface area contributed by atoms with Crippen LogP contribution in [0.25, 0.3) is 0 Å². The fraction of sp³-hybridized carbons (Fsp3) is 0.458. The first-order chi connectivity index (χ1) is 14.5. The summed E-state index contributed by atoms with van der Waals surface area (Å²) in [5.74, 6) is 1.47. The number of methoxy groups -OCH3 is 1. The van der Waals surface area contributed by atoms with Gasteiger partial charge in [0.1, 0.15) is 5.82 Å². The molecule has 2 aromatic carbocycles. The molecule has 1 aliphatic heterocycles. The van der Waals surface area contributed by atoms with Crippen molar-refractivity contribution in [2.24, 2.45) is 5.92 Å². The largest absolute Gasteiger partial charge is 0.493 e. The Kier molecular flexibility index (Phi) is 8.08. The van der Waals surface area contributed by atoms with Gasteiger partial charge in [-0.3, -0.25) is 9.69 Å². The number of piperidine rings is 1. The number of carbonyl (C=O) groups excluding carboxylic acids is 1. The number of nitrogens with zero attached hydrogens (tertiary/aromatic N) is 1. The maximum atomic E-state index is 13.2. The average molecular weight is 415 g/mol. The van der Waals surface area contributed by atoms with Gasteiger partial charge in [-0.25, -0.2) is 4.39 Å². The second kappa shape index (κ2) is 11.0. The minimum Gasteiger partial charge on any atom is -0.493 e. The van der Waals surface area contributed by atoms with Gasteiger partial charge in [-0.2, -0.15) is 0 Å². The van der Waals surface area contributed by atoms with Gasteiger partial charge in [0.2, 0.25) is 0 Å². The smallest absolute Gasteiger partial charge is 0.251 e. The van der Waals surface area contributed by atoms with Crippen molar-refractivity contribution in [2.75, 3.05) is 33.4 Å². The molecule has 1 saturated heterocycles. The van der Waals surface area contributed by atoms with E-state index in [-0.39, 0.29) is 5.91 Å². The Balaban J connectivity index is 1.44. The van der Waals surface area contributed by atoms with Gasteiger partial charge in [-0.15, -0.1) is 0 Å². The van der Waals surface area contributed by atoms with Crippen LogP contribution in [0.15, 0.2) is 42.5 Å². The molecule has 162 valence electrons. The molecule has 1 heterocycles. The van der Waals surface area contributed by atoms with Crippen molar-refractivity contribution in [3.63, 3.8) is 0 Å². The quantitative estimate of drug-likeness (QED) is 0.623. The number of nitrogens with one attached hydrogen (secondary N) is 1. The van der Waals surface area contributed by atoms with E-state index in [4.69, 9.17) is 9.47 Å². The summed E-state index contributed by atoms with van der Waals surface area (Å²) in [6.45, 7) is 6.41. The van der Waals surface area contributed by atoms with Crippen LogP contribution in [0.3, 0.4) is 0 Å². The van der Waals surface area contributed by atoms with Crippen molar-refractivity contribution in [1.82, 2.24) is 10.2 Å². The van der Waals surface area contributed by atoms with E-state index in [9.17, 15) is 9.18 Å². The van der Waals surface area contributed by atoms with Crippen molar-refractivity contribution >= 4 is 5.91 Å². The first kappa shape index (κ1) is 22.1. The average Bonchev–Trinajstić information content (AvgIpc) is 2.74. The van der Waals surface area contributed by atoms with E-state index in [2.05, 4.69) is 23.2 Å². The van der Waals surface area contributed by atoms with E-state index < -0.39 is 5.82 Å². The topological polar surface area (TPSA) is 50.8 Å². The van der Waals surface area contributed by atoms with Gasteiger partial charge >= 0.3 is 0 Å². The number of hydrogen-bond acceptors (Lipinski definition) is 4. The first-order valence-electron chi connectivity index (χ1n) is 10.6. The summed E-state index contributed by atoms with van der Waals surface area (Å²) in [6.07, 6.45) is 3.21. The van der Waals surface area contributed by atoms with E-state index >= 15 is 0 Å². The summed E-state index contributed by atoms with van der Waals surface area (Å²) >= 11 is 0. The molecular weight excluding hydrogens is 383 g/mol. The maximum absolute atomic E-state index is 13.2. The molecule has 0 bridgehead atoms. The molecule has 3 rings (SSSR count). The Morgan fingerprint density at radius 3 is 2.87 bits per heavy atom. The zero-order valence-corrected chi connectivity index (χ0v) is 17.8. The molecule has 5 nitrogen and oxygen atoms in total. The van der Waals surface area contributed by atoms with E-state index in [1.54, 1.807) is 13.2 Å². The van der Waals surface area contributed by atoms with Crippen molar-refractivity contribution in [3.8, 4) is 11.5 Å². The maximum Gasteiger partial charge on any atom is 0.251 e. The molecule has 1 atom stereocenters. The Morgan fingerprint density at radius 1 is 1.23 bits per heavy atom. The van der Waals surface area contributed by atoms with Gasteiger partial charge in [0.05, 0.1) is 13.7 Å². The standard InChI is InChI=1S/C24H31FN2O3/c1-18-6-4-12-27(16-18)17-19-9-10-22(23(14-19)29-2)30-13-5-11-26-24(28)20-7-3-8-21(25)15-20/h3,7-10,14-15,18H,4-6,11-13,16-17H2,1-2H3,(H,26,28)/t18-/m0/s1. The fourth-order valence-electron chi connectivity index (χ4n) is 3.81. The number of benzene rings is 2. The number of carbonyl (C=O) groups is 1. The molecular formula is C24H31FN2O3. The zero-order valence-electron chi connectivity index (χ0n) is 17.8. The van der Waals surface area contributed by atoms with Gasteiger partial charge in [0.25, 0.3) is 5.91 Å². The van der Waals surface area contributed by atoms with Crippen molar-refractivity contribution in [3.05, 3.63) is 59.4 Å². The van der Waals surface area contributed by atoms with E-state index in [0.717, 1.165) is 31.3 Å². The molecule has 0 radical (unpaired) electrons. The molecule has 0 saturated carbocycles. The van der Waals surface area contributed by atoms with Crippen LogP contribution in [0.5, 0.6) is 11.5 Å². The van der Waals surface area contributed by atoms with Crippen LogP contribution in [-0.4, -0.2) is 44.2 Å². The lowest BCUT2D eigenvalue weighted by atomic mass is 10.00. The second-order valence-corrected chi connectivity index (χ2v) is 7.94. The van der Waals surface area contributed by atoms with E-state index in [0.29, 0.717) is 30.9 Å². The lowest BCUT2D eigenvalue weighted by Gasteiger charge is -2.30. The highest BCUT2D eigenvalue weighted by atomic mass is 19.1. The zero-order chi connectivity index (χ0) is 21.3. The van der Waals surface area contributed by atoms with Crippen molar-refractivity contribution in [1.29, 1.82) is 0 Å². The Morgan fingerprint density at radius 2 is 2.10 bits per heavy atom. The van der Waals surface area contributed by atoms with Crippen LogP contribution in [0.4, 0.5) is 4.39 Å². The SMILES string of the molecule is COc1cc(CN2CCC[C@H](C)C2)ccc1OCCCNC(=O)c1cccc(F)c1. The van der Waals surface area contributed by atoms with Crippen LogP contribution < -0.4 is 14.8 Å². The predicted octanol–water partition coefficient (Wildman–Crippen LogP) is 4.27. The van der Waals surface area contributed by atoms with E-state index in [1.807, 2.05) is 12.1 Å². The molecule has 6 heteroatoms. The van der Waals surface area contributed by atoms with Gasteiger partial charge in [0.15, 0.2) is 11.5 Å². The second-order valence-electron chi connectivity index (χ2n) is 7.94. The highest BCUT2D eigenvalue weighted by molar-refractivity contribution is 5.94. The summed E-state index contributed by atoms with van der Waals surface area (Å²) in [6, 6.07) is 11.7. The normalized spacial score (nSPS) is 16.8. The third-order valence-electron chi connectivity index (χ3n) is 5.33. The summed E-state index contributed by atoms with van der Waals surface area (Å²) < 4.78 is 24.6. The molecule has 0 spiro atoms. The van der Waals surface area contributed by atoms with Crippen molar-refractivity contribution in [2.45, 2.75) is 32.7 Å². The lowest BCUT2D eigenvalue weighted by Crippen LogP contribution is -2.33. The number of rotatable bonds is 9. The summed E-state index contributed by atoms with van der Waals surface area (Å²) in [7, 11) is 1.65. The van der Waals surface area contributed by atoms with Gasteiger partial charge in [0, 0.05) is 25.2 Å². The Hall–Kier alpha value is -2.60. The molecule has 1 aliphatic rings. The van der Waals surface area contributed by atoms with Gasteiger partial charge in [-0.05, 0) is 67.6 Å². The molecule has 1 N–H and O–H groups in total. The third-order valence-corrected chi connectivity index (χ3v) is 5.33. The highest BCUT2D eigenvalue weighted by Gasteiger charge is 2.17. The van der Waals surface area contributed by atoms with E-state index in [1.165, 1.54) is 36.6 Å². The van der Waals surface area contributed by atoms with Crippen LogP contribution in [0.1, 0.15) is 42.1 Å². The fourth-order valence-corrected chi connectivity index (χ4v) is 3.81. The van der Waals surface area contributed by atoms with Gasteiger partial charge in [-0.1, -0.05) is 19.1 Å². The number of hydrogen-bond donors (Lipinski definition) is 1. The van der Waals surface area contributed by atoms with Crippen LogP contribution >= 0.6 is 0 Å². The predicted molar refractivity (Wildman–Crippen MR) is 116 cm³/mol. The van der Waals surface area contributed by atoms with Gasteiger partial charge < -0.3 is 14.8 Å². The monoisotopic (exact) mass is 414 g/mol. The summed E-state index contributed by atoms with van der Waals surface area (Å²) in [5, 5.41) is 2.78. The molecule has 30 heavy (non-hydrogen) atoms. The minimum atomic E-state index is -0.420. The number of ether oxygens (including phenoxy) is 2. The molecule has 1 amide bonds. The number of halogens is 1. The molecule has 0 aliphatic carbocycles. The number of likely N-dealkylation sites (tertiary alicyclic amines) is 1. The third kappa shape index (κ3) is 6.46. The first-order valence-corrected chi connectivity index (χ1v) is 10.6. The summed E-state index contributed by atoms with van der Waals surface area (Å²) in [5.41, 5.74) is 1.53. The van der Waals surface area contributed by atoms with Crippen molar-refractivity contribution < 1.29 is 18.7 Å². The Bertz CT molecular complexity index is 843. The molecule has 1 fully saturated rings. The Labute approximate surface area is 178 Å². The molecule has 0 aromatic heterocycles.